The summed E-state index contributed by atoms with van der Waals surface area (Å²) < 4.78 is 13.9. The summed E-state index contributed by atoms with van der Waals surface area (Å²) in [6.45, 7) is 22.9. The minimum absolute atomic E-state index is 0.164. The van der Waals surface area contributed by atoms with E-state index >= 15 is 0 Å². The van der Waals surface area contributed by atoms with Crippen molar-refractivity contribution in [3.63, 3.8) is 0 Å². The highest BCUT2D eigenvalue weighted by molar-refractivity contribution is 6.06. The number of nitrogens with zero attached hydrogens (tertiary/aromatic N) is 6. The predicted octanol–water partition coefficient (Wildman–Crippen LogP) is 5.96. The number of benzene rings is 1. The summed E-state index contributed by atoms with van der Waals surface area (Å²) in [7, 11) is 2.24. The second kappa shape index (κ2) is 19.1. The maximum absolute atomic E-state index is 13.0. The Labute approximate surface area is 277 Å². The molecule has 0 bridgehead atoms. The molecule has 0 amide bonds. The van der Waals surface area contributed by atoms with E-state index in [0.717, 1.165) is 87.3 Å². The van der Waals surface area contributed by atoms with Gasteiger partial charge in [0.25, 0.3) is 0 Å². The van der Waals surface area contributed by atoms with Crippen molar-refractivity contribution in [2.24, 2.45) is 0 Å². The summed E-state index contributed by atoms with van der Waals surface area (Å²) in [6, 6.07) is 7.91. The zero-order valence-electron chi connectivity index (χ0n) is 29.8. The number of esters is 1. The lowest BCUT2D eigenvalue weighted by Gasteiger charge is -2.27. The Morgan fingerprint density at radius 3 is 2.20 bits per heavy atom. The lowest BCUT2D eigenvalue weighted by molar-refractivity contribution is -0.157. The summed E-state index contributed by atoms with van der Waals surface area (Å²) in [5.41, 5.74) is 7.93. The largest absolute Gasteiger partial charge is 0.458 e. The first kappa shape index (κ1) is 37.7. The van der Waals surface area contributed by atoms with E-state index < -0.39 is 5.60 Å². The van der Waals surface area contributed by atoms with Crippen molar-refractivity contribution in [2.45, 2.75) is 98.8 Å². The van der Waals surface area contributed by atoms with Crippen molar-refractivity contribution in [2.75, 3.05) is 71.7 Å². The first-order valence-corrected chi connectivity index (χ1v) is 17.6. The molecule has 0 saturated carbocycles. The van der Waals surface area contributed by atoms with Crippen LogP contribution in [0.2, 0.25) is 0 Å². The first-order chi connectivity index (χ1) is 22.1. The van der Waals surface area contributed by atoms with Crippen molar-refractivity contribution in [3.05, 3.63) is 30.1 Å². The molecule has 0 spiro atoms. The molecule has 2 heterocycles. The number of ether oxygens (including phenoxy) is 2. The molecule has 3 rings (SSSR count). The molecule has 1 aromatic carbocycles. The fraction of sp³-hybridized carbons (Fsp3) is 0.694. The number of nitrogens with two attached hydrogens (primary N) is 1. The van der Waals surface area contributed by atoms with Crippen LogP contribution in [-0.2, 0) is 27.4 Å². The van der Waals surface area contributed by atoms with Crippen LogP contribution in [0.1, 0.15) is 85.9 Å². The van der Waals surface area contributed by atoms with Gasteiger partial charge in [-0.2, -0.15) is 0 Å². The molecule has 0 unspecified atom stereocenters. The number of anilines is 1. The van der Waals surface area contributed by atoms with E-state index in [1.807, 2.05) is 45.0 Å². The third-order valence-electron chi connectivity index (χ3n) is 8.78. The quantitative estimate of drug-likeness (QED) is 0.0995. The molecule has 10 nitrogen and oxygen atoms in total. The zero-order chi connectivity index (χ0) is 33.5. The Kier molecular flexibility index (Phi) is 15.7. The van der Waals surface area contributed by atoms with Gasteiger partial charge in [-0.1, -0.05) is 45.4 Å². The average Bonchev–Trinajstić information content (AvgIpc) is 3.38. The van der Waals surface area contributed by atoms with Gasteiger partial charge in [-0.3, -0.25) is 4.79 Å². The number of aromatic nitrogens is 3. The Hall–Kier alpha value is -2.79. The van der Waals surface area contributed by atoms with Crippen LogP contribution in [0, 0.1) is 0 Å². The number of hydrogen-bond donors (Lipinski definition) is 1. The highest BCUT2D eigenvalue weighted by atomic mass is 16.6. The van der Waals surface area contributed by atoms with E-state index in [1.54, 1.807) is 0 Å². The number of imidazole rings is 1. The van der Waals surface area contributed by atoms with E-state index in [1.165, 1.54) is 19.4 Å². The van der Waals surface area contributed by atoms with Crippen LogP contribution in [0.3, 0.4) is 0 Å². The molecule has 0 fully saturated rings. The summed E-state index contributed by atoms with van der Waals surface area (Å²) in [6.07, 6.45) is 5.78. The second-order valence-corrected chi connectivity index (χ2v) is 13.0. The summed E-state index contributed by atoms with van der Waals surface area (Å²) in [5, 5.41) is 0.961. The SMILES string of the molecule is CCOCc1nc2c(N)nc3ccccc3c2n1CC(C)(C)OC(=O)CCCCCN(CC)CCCN(C)CCCN(CC)CC. The molecule has 0 saturated heterocycles. The number of unbranched alkanes of at least 4 members (excludes halogenated alkanes) is 2. The zero-order valence-corrected chi connectivity index (χ0v) is 29.8. The Bertz CT molecular complexity index is 1340. The van der Waals surface area contributed by atoms with Crippen LogP contribution >= 0.6 is 0 Å². The minimum Gasteiger partial charge on any atom is -0.458 e. The molecule has 0 aliphatic heterocycles. The average molecular weight is 640 g/mol. The standard InChI is InChI=1S/C36H61N7O3/c1-8-41(9-2)25-17-22-40(7)23-18-26-42(10-3)24-16-12-13-21-32(44)46-36(5,6)28-43-31(27-45-11-4)39-33-34(43)29-19-14-15-20-30(29)38-35(33)37/h14-15,19-20H,8-13,16-18,21-28H2,1-7H3,(H2,37,38). The van der Waals surface area contributed by atoms with Crippen molar-refractivity contribution in [3.8, 4) is 0 Å². The first-order valence-electron chi connectivity index (χ1n) is 17.6. The maximum atomic E-state index is 13.0. The van der Waals surface area contributed by atoms with Gasteiger partial charge in [-0.15, -0.1) is 0 Å². The predicted molar refractivity (Wildman–Crippen MR) is 190 cm³/mol. The molecule has 0 aliphatic rings. The lowest BCUT2D eigenvalue weighted by Crippen LogP contribution is -2.34. The summed E-state index contributed by atoms with van der Waals surface area (Å²) in [5.74, 6) is 0.965. The normalized spacial score (nSPS) is 12.4. The molecule has 2 N–H and O–H groups in total. The Morgan fingerprint density at radius 1 is 0.870 bits per heavy atom. The lowest BCUT2D eigenvalue weighted by atomic mass is 10.1. The van der Waals surface area contributed by atoms with E-state index in [-0.39, 0.29) is 5.97 Å². The number of para-hydroxylation sites is 1. The van der Waals surface area contributed by atoms with Gasteiger partial charge < -0.3 is 34.5 Å². The number of nitrogen functional groups attached to an aromatic ring is 1. The molecular formula is C36H61N7O3. The number of carbonyl (C=O) groups is 1. The number of hydrogen-bond acceptors (Lipinski definition) is 9. The van der Waals surface area contributed by atoms with Gasteiger partial charge in [0.1, 0.15) is 23.5 Å². The fourth-order valence-electron chi connectivity index (χ4n) is 6.14. The van der Waals surface area contributed by atoms with E-state index in [2.05, 4.69) is 52.1 Å². The Morgan fingerprint density at radius 2 is 1.52 bits per heavy atom. The van der Waals surface area contributed by atoms with Gasteiger partial charge in [0.05, 0.1) is 17.6 Å². The van der Waals surface area contributed by atoms with E-state index in [4.69, 9.17) is 20.2 Å². The number of fused-ring (bicyclic) bond motifs is 3. The van der Waals surface area contributed by atoms with Crippen LogP contribution in [-0.4, -0.2) is 107 Å². The van der Waals surface area contributed by atoms with Crippen molar-refractivity contribution in [1.82, 2.24) is 29.2 Å². The van der Waals surface area contributed by atoms with Gasteiger partial charge >= 0.3 is 5.97 Å². The molecule has 46 heavy (non-hydrogen) atoms. The molecule has 0 atom stereocenters. The molecule has 3 aromatic rings. The molecule has 0 aliphatic carbocycles. The van der Waals surface area contributed by atoms with Gasteiger partial charge in [0.15, 0.2) is 5.82 Å². The minimum atomic E-state index is -0.748. The highest BCUT2D eigenvalue weighted by Gasteiger charge is 2.27. The molecule has 10 heteroatoms. The van der Waals surface area contributed by atoms with Crippen molar-refractivity contribution in [1.29, 1.82) is 0 Å². The molecule has 258 valence electrons. The summed E-state index contributed by atoms with van der Waals surface area (Å²) >= 11 is 0. The third-order valence-corrected chi connectivity index (χ3v) is 8.78. The van der Waals surface area contributed by atoms with Crippen molar-refractivity contribution < 1.29 is 14.3 Å². The molecular weight excluding hydrogens is 578 g/mol. The van der Waals surface area contributed by atoms with Crippen LogP contribution in [0.25, 0.3) is 21.9 Å². The third kappa shape index (κ3) is 11.5. The van der Waals surface area contributed by atoms with Gasteiger partial charge in [-0.05, 0) is 112 Å². The van der Waals surface area contributed by atoms with Crippen LogP contribution in [0.15, 0.2) is 24.3 Å². The van der Waals surface area contributed by atoms with E-state index in [9.17, 15) is 4.79 Å². The van der Waals surface area contributed by atoms with E-state index in [0.29, 0.717) is 37.5 Å². The van der Waals surface area contributed by atoms with Gasteiger partial charge in [-0.25, -0.2) is 9.97 Å². The van der Waals surface area contributed by atoms with Crippen LogP contribution in [0.4, 0.5) is 5.82 Å². The summed E-state index contributed by atoms with van der Waals surface area (Å²) in [4.78, 5) is 29.8. The maximum Gasteiger partial charge on any atom is 0.306 e. The second-order valence-electron chi connectivity index (χ2n) is 13.0. The molecule has 0 radical (unpaired) electrons. The monoisotopic (exact) mass is 639 g/mol. The van der Waals surface area contributed by atoms with Gasteiger partial charge in [0, 0.05) is 18.4 Å². The highest BCUT2D eigenvalue weighted by Crippen LogP contribution is 2.31. The number of rotatable bonds is 23. The van der Waals surface area contributed by atoms with Crippen LogP contribution < -0.4 is 5.73 Å². The number of carbonyl (C=O) groups excluding carboxylic acids is 1. The van der Waals surface area contributed by atoms with Gasteiger partial charge in [0.2, 0.25) is 0 Å². The fourth-order valence-corrected chi connectivity index (χ4v) is 6.14. The molecule has 2 aromatic heterocycles. The van der Waals surface area contributed by atoms with Crippen LogP contribution in [0.5, 0.6) is 0 Å². The Balaban J connectivity index is 1.45. The van der Waals surface area contributed by atoms with Crippen molar-refractivity contribution >= 4 is 33.7 Å². The smallest absolute Gasteiger partial charge is 0.306 e. The number of pyridine rings is 1. The topological polar surface area (TPSA) is 102 Å².